The van der Waals surface area contributed by atoms with Gasteiger partial charge in [0, 0.05) is 22.5 Å². The molecule has 0 aliphatic heterocycles. The van der Waals surface area contributed by atoms with Crippen molar-refractivity contribution >= 4 is 17.1 Å². The van der Waals surface area contributed by atoms with Crippen LogP contribution in [0.1, 0.15) is 50.7 Å². The molecule has 292 valence electrons. The molecule has 0 radical (unpaired) electrons. The lowest BCUT2D eigenvalue weighted by molar-refractivity contribution is 0.0426. The zero-order valence-electron chi connectivity index (χ0n) is 34.6. The lowest BCUT2D eigenvalue weighted by Crippen LogP contribution is -2.49. The van der Waals surface area contributed by atoms with Crippen LogP contribution in [0.4, 0.5) is 17.1 Å². The molecule has 0 saturated heterocycles. The van der Waals surface area contributed by atoms with E-state index in [4.69, 9.17) is 0 Å². The standard InChI is InChI=1S/C59H51N/c1-40-35-42-37-41(2)59(51(36-40)38-42)57-16-10-9-15-55(57)56-39-54(33-34-58(56)59)60(52-29-25-49(26-30-52)47-21-17-45(18-22-47)43-11-5-3-6-12-43)53-31-27-50(28-32-53)48-23-19-46(20-24-48)44-13-7-4-8-14-44/h3-34,39-42,51H,35-38H2,1-2H3/t40-,41+,42?,51-,59-/m1/s1. The highest BCUT2D eigenvalue weighted by molar-refractivity contribution is 5.88. The largest absolute Gasteiger partial charge is 0.310 e. The molecule has 11 rings (SSSR count). The van der Waals surface area contributed by atoms with E-state index in [0.717, 1.165) is 23.2 Å². The summed E-state index contributed by atoms with van der Waals surface area (Å²) in [6, 6.07) is 74.4. The number of anilines is 3. The normalized spacial score (nSPS) is 21.3. The summed E-state index contributed by atoms with van der Waals surface area (Å²) in [7, 11) is 0. The quantitative estimate of drug-likeness (QED) is 0.156. The van der Waals surface area contributed by atoms with Crippen LogP contribution in [0, 0.1) is 23.7 Å². The first-order chi connectivity index (χ1) is 29.5. The van der Waals surface area contributed by atoms with Crippen LogP contribution in [-0.2, 0) is 5.41 Å². The minimum absolute atomic E-state index is 0.0792. The Kier molecular flexibility index (Phi) is 9.15. The van der Waals surface area contributed by atoms with Crippen LogP contribution in [0.5, 0.6) is 0 Å². The molecule has 1 unspecified atom stereocenters. The maximum atomic E-state index is 2.56. The van der Waals surface area contributed by atoms with Gasteiger partial charge in [-0.15, -0.1) is 0 Å². The van der Waals surface area contributed by atoms with Gasteiger partial charge in [0.15, 0.2) is 0 Å². The van der Waals surface area contributed by atoms with Crippen LogP contribution in [0.3, 0.4) is 0 Å². The highest BCUT2D eigenvalue weighted by Crippen LogP contribution is 2.65. The molecule has 0 aromatic heterocycles. The van der Waals surface area contributed by atoms with Gasteiger partial charge in [0.2, 0.25) is 0 Å². The van der Waals surface area contributed by atoms with Gasteiger partial charge in [-0.05, 0) is 153 Å². The van der Waals surface area contributed by atoms with Crippen LogP contribution < -0.4 is 4.90 Å². The van der Waals surface area contributed by atoms with Crippen molar-refractivity contribution in [2.75, 3.05) is 4.90 Å². The Hall–Kier alpha value is -6.44. The Morgan fingerprint density at radius 3 is 1.30 bits per heavy atom. The lowest BCUT2D eigenvalue weighted by atomic mass is 9.49. The first kappa shape index (κ1) is 36.6. The summed E-state index contributed by atoms with van der Waals surface area (Å²) in [6.07, 6.45) is 5.41. The molecule has 0 N–H and O–H groups in total. The SMILES string of the molecule is C[C@@H]1CC2C[C@@H](C1)[C@@]1(c3ccccc3-c3cc(N(c4ccc(-c5ccc(-c6ccccc6)cc5)cc4)c4ccc(-c5ccc(-c6ccccc6)cc5)cc4)ccc31)[C@@H](C)C2. The van der Waals surface area contributed by atoms with E-state index in [1.54, 1.807) is 11.1 Å². The van der Waals surface area contributed by atoms with Crippen molar-refractivity contribution in [1.82, 2.24) is 0 Å². The fourth-order valence-electron chi connectivity index (χ4n) is 11.9. The van der Waals surface area contributed by atoms with Gasteiger partial charge in [-0.25, -0.2) is 0 Å². The predicted octanol–water partition coefficient (Wildman–Crippen LogP) is 16.2. The first-order valence-electron chi connectivity index (χ1n) is 22.1. The first-order valence-corrected chi connectivity index (χ1v) is 22.1. The summed E-state index contributed by atoms with van der Waals surface area (Å²) in [5.41, 5.74) is 19.4. The average Bonchev–Trinajstić information content (AvgIpc) is 3.60. The van der Waals surface area contributed by atoms with E-state index >= 15 is 0 Å². The van der Waals surface area contributed by atoms with Crippen LogP contribution in [-0.4, -0.2) is 0 Å². The van der Waals surface area contributed by atoms with E-state index in [2.05, 4.69) is 219 Å². The number of nitrogens with zero attached hydrogens (tertiary/aromatic N) is 1. The fraction of sp³-hybridized carbons (Fsp3) is 0.186. The molecule has 8 aromatic carbocycles. The summed E-state index contributed by atoms with van der Waals surface area (Å²) in [5.74, 6) is 2.95. The highest BCUT2D eigenvalue weighted by atomic mass is 15.1. The molecule has 5 atom stereocenters. The second-order valence-electron chi connectivity index (χ2n) is 18.0. The molecule has 2 bridgehead atoms. The van der Waals surface area contributed by atoms with Gasteiger partial charge < -0.3 is 4.90 Å². The minimum atomic E-state index is 0.0792. The number of hydrogen-bond acceptors (Lipinski definition) is 1. The third kappa shape index (κ3) is 6.22. The Bertz CT molecular complexity index is 2640. The van der Waals surface area contributed by atoms with E-state index in [0.29, 0.717) is 11.8 Å². The van der Waals surface area contributed by atoms with Crippen molar-refractivity contribution in [2.24, 2.45) is 23.7 Å². The third-order valence-electron chi connectivity index (χ3n) is 14.4. The van der Waals surface area contributed by atoms with Crippen LogP contribution in [0.25, 0.3) is 55.6 Å². The summed E-state index contributed by atoms with van der Waals surface area (Å²) >= 11 is 0. The van der Waals surface area contributed by atoms with Crippen molar-refractivity contribution in [3.05, 3.63) is 211 Å². The molecule has 1 heteroatoms. The number of fused-ring (bicyclic) bond motifs is 8. The van der Waals surface area contributed by atoms with Crippen LogP contribution in [0.2, 0.25) is 0 Å². The second kappa shape index (κ2) is 15.0. The highest BCUT2D eigenvalue weighted by Gasteiger charge is 2.56. The van der Waals surface area contributed by atoms with Crippen LogP contribution >= 0.6 is 0 Å². The molecule has 1 spiro atoms. The molecule has 8 aromatic rings. The molecule has 2 fully saturated rings. The molecule has 2 saturated carbocycles. The monoisotopic (exact) mass is 773 g/mol. The second-order valence-corrected chi connectivity index (χ2v) is 18.0. The Morgan fingerprint density at radius 2 is 0.783 bits per heavy atom. The van der Waals surface area contributed by atoms with Crippen molar-refractivity contribution in [2.45, 2.75) is 44.9 Å². The Morgan fingerprint density at radius 1 is 0.367 bits per heavy atom. The molecule has 60 heavy (non-hydrogen) atoms. The Balaban J connectivity index is 0.985. The van der Waals surface area contributed by atoms with Crippen molar-refractivity contribution in [3.8, 4) is 55.6 Å². The maximum Gasteiger partial charge on any atom is 0.0468 e. The molecule has 1 nitrogen and oxygen atoms in total. The van der Waals surface area contributed by atoms with Crippen molar-refractivity contribution in [3.63, 3.8) is 0 Å². The molecule has 3 aliphatic rings. The summed E-state index contributed by atoms with van der Waals surface area (Å²) in [5, 5.41) is 0. The van der Waals surface area contributed by atoms with Gasteiger partial charge >= 0.3 is 0 Å². The van der Waals surface area contributed by atoms with Gasteiger partial charge in [0.05, 0.1) is 0 Å². The Labute approximate surface area is 356 Å². The zero-order chi connectivity index (χ0) is 40.2. The molecular weight excluding hydrogens is 723 g/mol. The predicted molar refractivity (Wildman–Crippen MR) is 253 cm³/mol. The van der Waals surface area contributed by atoms with Gasteiger partial charge in [-0.3, -0.25) is 0 Å². The van der Waals surface area contributed by atoms with E-state index < -0.39 is 0 Å². The lowest BCUT2D eigenvalue weighted by Gasteiger charge is -2.54. The van der Waals surface area contributed by atoms with E-state index in [-0.39, 0.29) is 5.41 Å². The molecular formula is C59H51N. The smallest absolute Gasteiger partial charge is 0.0468 e. The third-order valence-corrected chi connectivity index (χ3v) is 14.4. The van der Waals surface area contributed by atoms with Crippen LogP contribution in [0.15, 0.2) is 200 Å². The van der Waals surface area contributed by atoms with Crippen molar-refractivity contribution in [1.29, 1.82) is 0 Å². The molecule has 0 amide bonds. The number of hydrogen-bond donors (Lipinski definition) is 0. The zero-order valence-corrected chi connectivity index (χ0v) is 34.6. The molecule has 0 heterocycles. The van der Waals surface area contributed by atoms with E-state index in [9.17, 15) is 0 Å². The van der Waals surface area contributed by atoms with Gasteiger partial charge in [0.25, 0.3) is 0 Å². The fourth-order valence-corrected chi connectivity index (χ4v) is 11.9. The van der Waals surface area contributed by atoms with Gasteiger partial charge in [-0.1, -0.05) is 178 Å². The van der Waals surface area contributed by atoms with E-state index in [1.807, 2.05) is 0 Å². The summed E-state index contributed by atoms with van der Waals surface area (Å²) < 4.78 is 0. The minimum Gasteiger partial charge on any atom is -0.310 e. The van der Waals surface area contributed by atoms with Gasteiger partial charge in [0.1, 0.15) is 0 Å². The van der Waals surface area contributed by atoms with Gasteiger partial charge in [-0.2, -0.15) is 0 Å². The summed E-state index contributed by atoms with van der Waals surface area (Å²) in [4.78, 5) is 2.46. The number of rotatable bonds is 7. The average molecular weight is 774 g/mol. The maximum absolute atomic E-state index is 2.56. The van der Waals surface area contributed by atoms with E-state index in [1.165, 1.54) is 87.0 Å². The topological polar surface area (TPSA) is 3.24 Å². The number of benzene rings is 8. The molecule has 3 aliphatic carbocycles. The summed E-state index contributed by atoms with van der Waals surface area (Å²) in [6.45, 7) is 5.07. The van der Waals surface area contributed by atoms with Crippen molar-refractivity contribution < 1.29 is 0 Å².